The predicted octanol–water partition coefficient (Wildman–Crippen LogP) is 4.01. The van der Waals surface area contributed by atoms with Crippen LogP contribution in [0.3, 0.4) is 0 Å². The smallest absolute Gasteiger partial charge is 0.171 e. The maximum absolute atomic E-state index is 9.96. The van der Waals surface area contributed by atoms with Gasteiger partial charge in [0.2, 0.25) is 0 Å². The van der Waals surface area contributed by atoms with Gasteiger partial charge in [-0.3, -0.25) is 4.40 Å². The highest BCUT2D eigenvalue weighted by Crippen LogP contribution is 2.43. The quantitative estimate of drug-likeness (QED) is 0.567. The molecule has 4 heterocycles. The molecule has 2 atom stereocenters. The first kappa shape index (κ1) is 22.3. The first-order chi connectivity index (χ1) is 15.4. The number of aliphatic hydroxyl groups excluding tert-OH is 1. The minimum atomic E-state index is -0.117. The minimum absolute atomic E-state index is 0.0380. The summed E-state index contributed by atoms with van der Waals surface area (Å²) in [6.07, 6.45) is 5.55. The fourth-order valence-corrected chi connectivity index (χ4v) is 6.12. The Balaban J connectivity index is 1.47. The van der Waals surface area contributed by atoms with Gasteiger partial charge in [-0.05, 0) is 31.9 Å². The third-order valence-electron chi connectivity index (χ3n) is 6.77. The summed E-state index contributed by atoms with van der Waals surface area (Å²) in [4.78, 5) is 12.4. The third kappa shape index (κ3) is 3.67. The average molecular weight is 494 g/mol. The number of aliphatic hydroxyl groups is 1. The fourth-order valence-electron chi connectivity index (χ4n) is 4.75. The van der Waals surface area contributed by atoms with Crippen LogP contribution in [0.2, 0.25) is 10.0 Å². The number of nitrogens with two attached hydrogens (primary N) is 1. The molecule has 10 heteroatoms. The largest absolute Gasteiger partial charge is 0.390 e. The van der Waals surface area contributed by atoms with Crippen LogP contribution in [-0.4, -0.2) is 51.3 Å². The number of halogens is 2. The number of aromatic nitrogens is 3. The summed E-state index contributed by atoms with van der Waals surface area (Å²) in [6, 6.07) is 5.57. The van der Waals surface area contributed by atoms with Crippen molar-refractivity contribution in [3.05, 3.63) is 46.3 Å². The Morgan fingerprint density at radius 2 is 2.03 bits per heavy atom. The van der Waals surface area contributed by atoms with Gasteiger partial charge < -0.3 is 20.5 Å². The highest BCUT2D eigenvalue weighted by molar-refractivity contribution is 7.99. The number of fused-ring (bicyclic) bond motifs is 1. The Morgan fingerprint density at radius 3 is 2.72 bits per heavy atom. The zero-order valence-electron chi connectivity index (χ0n) is 17.7. The molecule has 0 aliphatic carbocycles. The lowest BCUT2D eigenvalue weighted by atomic mass is 9.73. The van der Waals surface area contributed by atoms with Crippen molar-refractivity contribution in [2.24, 2.45) is 11.1 Å². The van der Waals surface area contributed by atoms with Crippen LogP contribution in [0, 0.1) is 5.41 Å². The van der Waals surface area contributed by atoms with Crippen LogP contribution >= 0.6 is 35.0 Å². The van der Waals surface area contributed by atoms with Crippen molar-refractivity contribution in [1.82, 2.24) is 14.4 Å². The number of anilines is 1. The van der Waals surface area contributed by atoms with Crippen LogP contribution in [-0.2, 0) is 11.3 Å². The first-order valence-electron chi connectivity index (χ1n) is 10.6. The summed E-state index contributed by atoms with van der Waals surface area (Å²) in [5.74, 6) is 0.915. The molecule has 7 nitrogen and oxygen atoms in total. The van der Waals surface area contributed by atoms with E-state index in [1.54, 1.807) is 12.3 Å². The average Bonchev–Trinajstić information content (AvgIpc) is 3.36. The van der Waals surface area contributed by atoms with Gasteiger partial charge in [0.05, 0.1) is 47.5 Å². The number of imidazole rings is 1. The second-order valence-corrected chi connectivity index (χ2v) is 10.3. The molecule has 2 fully saturated rings. The Bertz CT molecular complexity index is 1150. The zero-order chi connectivity index (χ0) is 22.5. The topological polar surface area (TPSA) is 88.9 Å². The molecule has 5 rings (SSSR count). The SMILES string of the molecule is CC1OCC2(CCN(c3cnc(Sc4cccc(Cl)c4Cl)c4ncc(CO)n34)CC2)C1N. The number of piperidine rings is 1. The number of ether oxygens (including phenoxy) is 1. The molecule has 1 spiro atoms. The Morgan fingerprint density at radius 1 is 1.25 bits per heavy atom. The second kappa shape index (κ2) is 8.66. The molecule has 170 valence electrons. The molecule has 1 aromatic carbocycles. The lowest BCUT2D eigenvalue weighted by Crippen LogP contribution is -2.51. The molecule has 2 aliphatic rings. The molecule has 2 saturated heterocycles. The van der Waals surface area contributed by atoms with Gasteiger partial charge in [0.25, 0.3) is 0 Å². The second-order valence-electron chi connectivity index (χ2n) is 8.53. The van der Waals surface area contributed by atoms with E-state index in [0.717, 1.165) is 43.3 Å². The molecule has 2 aliphatic heterocycles. The first-order valence-corrected chi connectivity index (χ1v) is 12.2. The molecule has 3 N–H and O–H groups in total. The van der Waals surface area contributed by atoms with E-state index in [9.17, 15) is 5.11 Å². The van der Waals surface area contributed by atoms with E-state index in [1.807, 2.05) is 22.7 Å². The van der Waals surface area contributed by atoms with E-state index in [1.165, 1.54) is 11.8 Å². The van der Waals surface area contributed by atoms with E-state index >= 15 is 0 Å². The fraction of sp³-hybridized carbons (Fsp3) is 0.455. The van der Waals surface area contributed by atoms with Crippen molar-refractivity contribution in [3.8, 4) is 0 Å². The van der Waals surface area contributed by atoms with Gasteiger partial charge >= 0.3 is 0 Å². The summed E-state index contributed by atoms with van der Waals surface area (Å²) >= 11 is 14.0. The van der Waals surface area contributed by atoms with Crippen LogP contribution < -0.4 is 10.6 Å². The van der Waals surface area contributed by atoms with E-state index in [-0.39, 0.29) is 24.2 Å². The molecule has 3 aromatic rings. The molecule has 2 unspecified atom stereocenters. The van der Waals surface area contributed by atoms with Crippen molar-refractivity contribution < 1.29 is 9.84 Å². The zero-order valence-corrected chi connectivity index (χ0v) is 20.0. The molecule has 0 radical (unpaired) electrons. The van der Waals surface area contributed by atoms with Crippen LogP contribution in [0.1, 0.15) is 25.5 Å². The molecule has 0 amide bonds. The summed E-state index contributed by atoms with van der Waals surface area (Å²) in [5.41, 5.74) is 7.92. The lowest BCUT2D eigenvalue weighted by Gasteiger charge is -2.42. The maximum atomic E-state index is 9.96. The van der Waals surface area contributed by atoms with Crippen molar-refractivity contribution in [2.45, 2.75) is 48.4 Å². The van der Waals surface area contributed by atoms with E-state index < -0.39 is 0 Å². The number of hydrogen-bond acceptors (Lipinski definition) is 7. The van der Waals surface area contributed by atoms with Crippen LogP contribution in [0.5, 0.6) is 0 Å². The predicted molar refractivity (Wildman–Crippen MR) is 127 cm³/mol. The number of rotatable bonds is 4. The summed E-state index contributed by atoms with van der Waals surface area (Å²) in [5, 5.41) is 11.6. The van der Waals surface area contributed by atoms with Gasteiger partial charge in [0.15, 0.2) is 5.65 Å². The van der Waals surface area contributed by atoms with Gasteiger partial charge in [-0.15, -0.1) is 0 Å². The standard InChI is InChI=1S/C22H25Cl2N5O2S/c1-13-19(25)22(12-31-13)5-7-28(8-6-22)17-10-27-21(20-26-9-14(11-30)29(17)20)32-16-4-2-3-15(23)18(16)24/h2-4,9-10,13,19,30H,5-8,11-12,25H2,1H3. The number of nitrogens with zero attached hydrogens (tertiary/aromatic N) is 4. The third-order valence-corrected chi connectivity index (χ3v) is 8.74. The highest BCUT2D eigenvalue weighted by atomic mass is 35.5. The Labute approximate surface area is 200 Å². The highest BCUT2D eigenvalue weighted by Gasteiger charge is 2.47. The minimum Gasteiger partial charge on any atom is -0.390 e. The monoisotopic (exact) mass is 493 g/mol. The molecule has 32 heavy (non-hydrogen) atoms. The van der Waals surface area contributed by atoms with E-state index in [0.29, 0.717) is 26.4 Å². The summed E-state index contributed by atoms with van der Waals surface area (Å²) in [6.45, 7) is 4.35. The molecule has 2 aromatic heterocycles. The van der Waals surface area contributed by atoms with E-state index in [4.69, 9.17) is 38.7 Å². The van der Waals surface area contributed by atoms with Gasteiger partial charge in [0, 0.05) is 29.4 Å². The van der Waals surface area contributed by atoms with Gasteiger partial charge in [-0.2, -0.15) is 0 Å². The lowest BCUT2D eigenvalue weighted by molar-refractivity contribution is 0.0974. The number of hydrogen-bond donors (Lipinski definition) is 2. The Kier molecular flexibility index (Phi) is 6.03. The normalized spacial score (nSPS) is 22.8. The molecule has 0 bridgehead atoms. The molecular formula is C22H25Cl2N5O2S. The van der Waals surface area contributed by atoms with Crippen molar-refractivity contribution in [3.63, 3.8) is 0 Å². The van der Waals surface area contributed by atoms with Gasteiger partial charge in [-0.1, -0.05) is 41.0 Å². The van der Waals surface area contributed by atoms with Crippen LogP contribution in [0.25, 0.3) is 5.65 Å². The van der Waals surface area contributed by atoms with Crippen molar-refractivity contribution in [1.29, 1.82) is 0 Å². The van der Waals surface area contributed by atoms with Crippen molar-refractivity contribution in [2.75, 3.05) is 24.6 Å². The van der Waals surface area contributed by atoms with Crippen LogP contribution in [0.15, 0.2) is 40.5 Å². The number of benzene rings is 1. The Hall–Kier alpha value is -1.55. The van der Waals surface area contributed by atoms with Gasteiger partial charge in [-0.25, -0.2) is 9.97 Å². The summed E-state index contributed by atoms with van der Waals surface area (Å²) < 4.78 is 7.84. The summed E-state index contributed by atoms with van der Waals surface area (Å²) in [7, 11) is 0. The van der Waals surface area contributed by atoms with E-state index in [2.05, 4.69) is 16.8 Å². The van der Waals surface area contributed by atoms with Gasteiger partial charge in [0.1, 0.15) is 10.8 Å². The maximum Gasteiger partial charge on any atom is 0.171 e. The van der Waals surface area contributed by atoms with Crippen molar-refractivity contribution >= 4 is 46.4 Å². The molecular weight excluding hydrogens is 469 g/mol. The van der Waals surface area contributed by atoms with Crippen LogP contribution in [0.4, 0.5) is 5.82 Å². The molecule has 0 saturated carbocycles.